The zero-order valence-corrected chi connectivity index (χ0v) is 13.5. The molecule has 0 amide bonds. The average molecular weight is 348 g/mol. The van der Waals surface area contributed by atoms with E-state index in [1.54, 1.807) is 0 Å². The fraction of sp³-hybridized carbons (Fsp3) is 0.235. The van der Waals surface area contributed by atoms with E-state index in [0.717, 1.165) is 15.6 Å². The average Bonchev–Trinajstić information content (AvgIpc) is 2.48. The van der Waals surface area contributed by atoms with E-state index in [2.05, 4.69) is 15.9 Å². The number of carboxylic acids is 1. The van der Waals surface area contributed by atoms with Gasteiger partial charge in [-0.2, -0.15) is 0 Å². The standard InChI is InChI=1S/C17H18BrNO2/c1-19(11-14-9-5-6-10-16(14)18)12-15(17(20)21)13-7-3-2-4-8-13/h2-10,15H,11-12H2,1H3,(H,20,21). The number of aliphatic carboxylic acids is 1. The minimum atomic E-state index is -0.792. The molecule has 0 aliphatic carbocycles. The van der Waals surface area contributed by atoms with Gasteiger partial charge in [0, 0.05) is 17.6 Å². The summed E-state index contributed by atoms with van der Waals surface area (Å²) in [6.07, 6.45) is 0. The van der Waals surface area contributed by atoms with Crippen molar-refractivity contribution in [2.45, 2.75) is 12.5 Å². The van der Waals surface area contributed by atoms with Crippen LogP contribution in [0.3, 0.4) is 0 Å². The SMILES string of the molecule is CN(Cc1ccccc1Br)CC(C(=O)O)c1ccccc1. The summed E-state index contributed by atoms with van der Waals surface area (Å²) >= 11 is 3.52. The van der Waals surface area contributed by atoms with Crippen LogP contribution in [0.2, 0.25) is 0 Å². The van der Waals surface area contributed by atoms with Crippen molar-refractivity contribution in [2.24, 2.45) is 0 Å². The van der Waals surface area contributed by atoms with Crippen LogP contribution in [0.15, 0.2) is 59.1 Å². The fourth-order valence-electron chi connectivity index (χ4n) is 2.31. The van der Waals surface area contributed by atoms with E-state index in [0.29, 0.717) is 13.1 Å². The lowest BCUT2D eigenvalue weighted by molar-refractivity contribution is -0.139. The lowest BCUT2D eigenvalue weighted by atomic mass is 9.98. The van der Waals surface area contributed by atoms with Crippen molar-refractivity contribution >= 4 is 21.9 Å². The van der Waals surface area contributed by atoms with E-state index in [1.807, 2.05) is 66.5 Å². The summed E-state index contributed by atoms with van der Waals surface area (Å²) in [5.74, 6) is -1.31. The van der Waals surface area contributed by atoms with Gasteiger partial charge < -0.3 is 10.0 Å². The zero-order chi connectivity index (χ0) is 15.2. The molecule has 0 fully saturated rings. The normalized spacial score (nSPS) is 12.3. The quantitative estimate of drug-likeness (QED) is 0.864. The number of carbonyl (C=O) groups is 1. The van der Waals surface area contributed by atoms with E-state index in [1.165, 1.54) is 0 Å². The highest BCUT2D eigenvalue weighted by molar-refractivity contribution is 9.10. The Morgan fingerprint density at radius 2 is 1.76 bits per heavy atom. The molecule has 0 heterocycles. The third-order valence-electron chi connectivity index (χ3n) is 3.39. The Labute approximate surface area is 133 Å². The first-order valence-corrected chi connectivity index (χ1v) is 7.57. The van der Waals surface area contributed by atoms with Gasteiger partial charge in [-0.15, -0.1) is 0 Å². The van der Waals surface area contributed by atoms with Crippen LogP contribution in [0, 0.1) is 0 Å². The lowest BCUT2D eigenvalue weighted by Crippen LogP contribution is -2.28. The Balaban J connectivity index is 2.07. The van der Waals surface area contributed by atoms with Gasteiger partial charge in [0.2, 0.25) is 0 Å². The topological polar surface area (TPSA) is 40.5 Å². The number of benzene rings is 2. The van der Waals surface area contributed by atoms with Crippen molar-refractivity contribution in [1.82, 2.24) is 4.90 Å². The number of hydrogen-bond donors (Lipinski definition) is 1. The third kappa shape index (κ3) is 4.41. The third-order valence-corrected chi connectivity index (χ3v) is 4.17. The van der Waals surface area contributed by atoms with Crippen molar-refractivity contribution in [1.29, 1.82) is 0 Å². The smallest absolute Gasteiger partial charge is 0.312 e. The van der Waals surface area contributed by atoms with Crippen LogP contribution in [0.5, 0.6) is 0 Å². The molecule has 4 heteroatoms. The minimum absolute atomic E-state index is 0.473. The molecule has 0 aliphatic rings. The molecule has 0 spiro atoms. The first kappa shape index (κ1) is 15.7. The van der Waals surface area contributed by atoms with Crippen molar-refractivity contribution in [3.05, 3.63) is 70.2 Å². The number of carboxylic acid groups (broad SMARTS) is 1. The molecule has 0 saturated carbocycles. The van der Waals surface area contributed by atoms with E-state index in [-0.39, 0.29) is 0 Å². The monoisotopic (exact) mass is 347 g/mol. The summed E-state index contributed by atoms with van der Waals surface area (Å²) in [4.78, 5) is 13.6. The van der Waals surface area contributed by atoms with Gasteiger partial charge in [-0.3, -0.25) is 4.79 Å². The van der Waals surface area contributed by atoms with Gasteiger partial charge >= 0.3 is 5.97 Å². The molecule has 0 saturated heterocycles. The number of halogens is 1. The van der Waals surface area contributed by atoms with Crippen LogP contribution in [0.4, 0.5) is 0 Å². The number of hydrogen-bond acceptors (Lipinski definition) is 2. The zero-order valence-electron chi connectivity index (χ0n) is 11.9. The molecule has 3 nitrogen and oxygen atoms in total. The fourth-order valence-corrected chi connectivity index (χ4v) is 2.72. The van der Waals surface area contributed by atoms with Crippen LogP contribution in [-0.2, 0) is 11.3 Å². The second-order valence-corrected chi connectivity index (χ2v) is 5.94. The van der Waals surface area contributed by atoms with Gasteiger partial charge in [0.05, 0.1) is 5.92 Å². The minimum Gasteiger partial charge on any atom is -0.481 e. The molecule has 2 aromatic rings. The number of likely N-dealkylation sites (N-methyl/N-ethyl adjacent to an activating group) is 1. The Hall–Kier alpha value is -1.65. The van der Waals surface area contributed by atoms with Crippen LogP contribution in [0.1, 0.15) is 17.0 Å². The molecule has 21 heavy (non-hydrogen) atoms. The highest BCUT2D eigenvalue weighted by atomic mass is 79.9. The number of rotatable bonds is 6. The van der Waals surface area contributed by atoms with E-state index in [9.17, 15) is 9.90 Å². The molecular formula is C17H18BrNO2. The molecule has 1 N–H and O–H groups in total. The molecule has 2 aromatic carbocycles. The molecule has 0 bridgehead atoms. The predicted octanol–water partition coefficient (Wildman–Crippen LogP) is 3.75. The first-order chi connectivity index (χ1) is 10.1. The molecule has 1 unspecified atom stereocenters. The lowest BCUT2D eigenvalue weighted by Gasteiger charge is -2.22. The van der Waals surface area contributed by atoms with Gasteiger partial charge in [0.25, 0.3) is 0 Å². The van der Waals surface area contributed by atoms with E-state index >= 15 is 0 Å². The summed E-state index contributed by atoms with van der Waals surface area (Å²) < 4.78 is 1.04. The van der Waals surface area contributed by atoms with Crippen LogP contribution in [-0.4, -0.2) is 29.6 Å². The summed E-state index contributed by atoms with van der Waals surface area (Å²) in [6, 6.07) is 17.4. The molecule has 0 aromatic heterocycles. The van der Waals surface area contributed by atoms with Crippen molar-refractivity contribution < 1.29 is 9.90 Å². The molecule has 2 rings (SSSR count). The largest absolute Gasteiger partial charge is 0.481 e. The van der Waals surface area contributed by atoms with Crippen molar-refractivity contribution in [3.8, 4) is 0 Å². The van der Waals surface area contributed by atoms with Crippen LogP contribution in [0.25, 0.3) is 0 Å². The second kappa shape index (κ2) is 7.38. The van der Waals surface area contributed by atoms with Crippen molar-refractivity contribution in [2.75, 3.05) is 13.6 Å². The van der Waals surface area contributed by atoms with Crippen molar-refractivity contribution in [3.63, 3.8) is 0 Å². The summed E-state index contributed by atoms with van der Waals surface area (Å²) in [5.41, 5.74) is 1.99. The Morgan fingerprint density at radius 1 is 1.14 bits per heavy atom. The summed E-state index contributed by atoms with van der Waals surface area (Å²) in [7, 11) is 1.94. The van der Waals surface area contributed by atoms with Crippen LogP contribution < -0.4 is 0 Å². The van der Waals surface area contributed by atoms with Gasteiger partial charge in [-0.1, -0.05) is 64.5 Å². The maximum atomic E-state index is 11.5. The van der Waals surface area contributed by atoms with Crippen LogP contribution >= 0.6 is 15.9 Å². The van der Waals surface area contributed by atoms with E-state index in [4.69, 9.17) is 0 Å². The highest BCUT2D eigenvalue weighted by Crippen LogP contribution is 2.21. The summed E-state index contributed by atoms with van der Waals surface area (Å²) in [6.45, 7) is 1.18. The highest BCUT2D eigenvalue weighted by Gasteiger charge is 2.21. The Morgan fingerprint density at radius 3 is 2.38 bits per heavy atom. The molecular weight excluding hydrogens is 330 g/mol. The van der Waals surface area contributed by atoms with Gasteiger partial charge in [0.1, 0.15) is 0 Å². The maximum absolute atomic E-state index is 11.5. The molecule has 0 radical (unpaired) electrons. The molecule has 110 valence electrons. The van der Waals surface area contributed by atoms with Gasteiger partial charge in [-0.05, 0) is 24.2 Å². The Bertz CT molecular complexity index is 601. The summed E-state index contributed by atoms with van der Waals surface area (Å²) in [5, 5.41) is 9.46. The molecule has 0 aliphatic heterocycles. The van der Waals surface area contributed by atoms with Gasteiger partial charge in [0.15, 0.2) is 0 Å². The Kier molecular flexibility index (Phi) is 5.53. The first-order valence-electron chi connectivity index (χ1n) is 6.77. The van der Waals surface area contributed by atoms with E-state index < -0.39 is 11.9 Å². The number of nitrogens with zero attached hydrogens (tertiary/aromatic N) is 1. The predicted molar refractivity (Wildman–Crippen MR) is 87.3 cm³/mol. The maximum Gasteiger partial charge on any atom is 0.312 e. The molecule has 1 atom stereocenters. The van der Waals surface area contributed by atoms with Gasteiger partial charge in [-0.25, -0.2) is 0 Å². The second-order valence-electron chi connectivity index (χ2n) is 5.09.